The molecule has 2 N–H and O–H groups in total. The number of carbonyl (C=O) groups excluding carboxylic acids is 1. The van der Waals surface area contributed by atoms with Crippen molar-refractivity contribution >= 4 is 17.9 Å². The molecule has 27 heavy (non-hydrogen) atoms. The number of amides is 1. The van der Waals surface area contributed by atoms with Gasteiger partial charge in [-0.25, -0.2) is 4.98 Å². The molecule has 2 aliphatic heterocycles. The number of allylic oxidation sites excluding steroid dienone is 1. The third kappa shape index (κ3) is 3.05. The fourth-order valence-corrected chi connectivity index (χ4v) is 4.43. The number of anilines is 1. The first-order valence-corrected chi connectivity index (χ1v) is 9.87. The molecule has 3 heterocycles. The third-order valence-electron chi connectivity index (χ3n) is 5.89. The van der Waals surface area contributed by atoms with Crippen molar-refractivity contribution in [2.24, 2.45) is 4.99 Å². The van der Waals surface area contributed by atoms with Crippen molar-refractivity contribution in [1.82, 2.24) is 20.1 Å². The highest BCUT2D eigenvalue weighted by atomic mass is 16.2. The first-order valence-electron chi connectivity index (χ1n) is 9.87. The zero-order valence-electron chi connectivity index (χ0n) is 16.3. The van der Waals surface area contributed by atoms with Gasteiger partial charge in [-0.05, 0) is 31.4 Å². The van der Waals surface area contributed by atoms with Gasteiger partial charge in [0.25, 0.3) is 0 Å². The van der Waals surface area contributed by atoms with Crippen LogP contribution in [-0.2, 0) is 4.79 Å². The van der Waals surface area contributed by atoms with Crippen LogP contribution < -0.4 is 10.6 Å². The van der Waals surface area contributed by atoms with Gasteiger partial charge >= 0.3 is 0 Å². The zero-order valence-corrected chi connectivity index (χ0v) is 16.3. The van der Waals surface area contributed by atoms with Crippen molar-refractivity contribution < 1.29 is 4.79 Å². The van der Waals surface area contributed by atoms with Crippen LogP contribution in [0.15, 0.2) is 34.8 Å². The second-order valence-electron chi connectivity index (χ2n) is 7.45. The highest BCUT2D eigenvalue weighted by Crippen LogP contribution is 2.36. The predicted molar refractivity (Wildman–Crippen MR) is 106 cm³/mol. The summed E-state index contributed by atoms with van der Waals surface area (Å²) in [5.74, 6) is 2.02. The van der Waals surface area contributed by atoms with E-state index in [9.17, 15) is 4.79 Å². The van der Waals surface area contributed by atoms with Crippen LogP contribution in [-0.4, -0.2) is 53.1 Å². The number of likely N-dealkylation sites (N-methyl/N-ethyl adjacent to an activating group) is 1. The number of hydrogen-bond acceptors (Lipinski definition) is 6. The van der Waals surface area contributed by atoms with E-state index < -0.39 is 0 Å². The van der Waals surface area contributed by atoms with Crippen molar-refractivity contribution in [1.29, 1.82) is 0 Å². The summed E-state index contributed by atoms with van der Waals surface area (Å²) in [4.78, 5) is 26.0. The van der Waals surface area contributed by atoms with Gasteiger partial charge < -0.3 is 20.4 Å². The molecule has 1 aliphatic carbocycles. The lowest BCUT2D eigenvalue weighted by molar-refractivity contribution is -0.136. The molecule has 0 bridgehead atoms. The van der Waals surface area contributed by atoms with E-state index in [1.54, 1.807) is 11.1 Å². The van der Waals surface area contributed by atoms with Crippen LogP contribution in [0.25, 0.3) is 0 Å². The molecule has 0 spiro atoms. The Bertz CT molecular complexity index is 782. The molecule has 7 nitrogen and oxygen atoms in total. The van der Waals surface area contributed by atoms with Crippen LogP contribution in [0.2, 0.25) is 0 Å². The van der Waals surface area contributed by atoms with Gasteiger partial charge in [0.05, 0.1) is 6.21 Å². The molecule has 3 aliphatic rings. The van der Waals surface area contributed by atoms with Gasteiger partial charge in [-0.3, -0.25) is 9.79 Å². The molecular weight excluding hydrogens is 340 g/mol. The highest BCUT2D eigenvalue weighted by molar-refractivity contribution is 5.93. The van der Waals surface area contributed by atoms with Crippen molar-refractivity contribution in [3.8, 4) is 0 Å². The minimum atomic E-state index is -0.179. The van der Waals surface area contributed by atoms with Crippen LogP contribution in [0.3, 0.4) is 0 Å². The van der Waals surface area contributed by atoms with Gasteiger partial charge in [0.2, 0.25) is 5.91 Å². The average molecular weight is 368 g/mol. The molecule has 1 unspecified atom stereocenters. The number of rotatable bonds is 4. The molecule has 144 valence electrons. The summed E-state index contributed by atoms with van der Waals surface area (Å²) < 4.78 is 0. The number of nitrogens with one attached hydrogen (secondary N) is 2. The van der Waals surface area contributed by atoms with Crippen molar-refractivity contribution in [3.63, 3.8) is 0 Å². The molecule has 2 atom stereocenters. The number of hydrogen-bond donors (Lipinski definition) is 2. The molecular formula is C20H28N6O. The Morgan fingerprint density at radius 1 is 1.33 bits per heavy atom. The SMILES string of the molecule is CCC1C(=O)N(C)C2=C(N[C@@H](c3ccnc(NC)c3)N=C2)N1C1CCCC1. The fourth-order valence-electron chi connectivity index (χ4n) is 4.43. The van der Waals surface area contributed by atoms with E-state index in [0.717, 1.165) is 42.2 Å². The molecule has 1 aromatic heterocycles. The molecule has 4 rings (SSSR count). The van der Waals surface area contributed by atoms with E-state index in [4.69, 9.17) is 0 Å². The highest BCUT2D eigenvalue weighted by Gasteiger charge is 2.42. The second kappa shape index (κ2) is 7.21. The number of aliphatic imine (C=N–C) groups is 1. The van der Waals surface area contributed by atoms with Crippen LogP contribution in [0.5, 0.6) is 0 Å². The van der Waals surface area contributed by atoms with Crippen LogP contribution in [0, 0.1) is 0 Å². The van der Waals surface area contributed by atoms with E-state index in [-0.39, 0.29) is 18.1 Å². The molecule has 1 fully saturated rings. The normalized spacial score (nSPS) is 25.7. The lowest BCUT2D eigenvalue weighted by Gasteiger charge is -2.47. The van der Waals surface area contributed by atoms with Crippen LogP contribution >= 0.6 is 0 Å². The van der Waals surface area contributed by atoms with E-state index in [1.165, 1.54) is 12.8 Å². The Labute approximate surface area is 160 Å². The first kappa shape index (κ1) is 17.8. The summed E-state index contributed by atoms with van der Waals surface area (Å²) >= 11 is 0. The summed E-state index contributed by atoms with van der Waals surface area (Å²) in [6.45, 7) is 2.10. The van der Waals surface area contributed by atoms with Gasteiger partial charge in [-0.1, -0.05) is 19.8 Å². The minimum Gasteiger partial charge on any atom is -0.373 e. The molecule has 0 aromatic carbocycles. The maximum Gasteiger partial charge on any atom is 0.249 e. The molecule has 1 amide bonds. The fraction of sp³-hybridized carbons (Fsp3) is 0.550. The Kier molecular flexibility index (Phi) is 4.76. The Morgan fingerprint density at radius 2 is 2.11 bits per heavy atom. The number of pyridine rings is 1. The summed E-state index contributed by atoms with van der Waals surface area (Å²) in [5, 5.41) is 6.70. The molecule has 0 radical (unpaired) electrons. The standard InChI is InChI=1S/C20H28N6O/c1-4-15-20(27)25(3)16-12-23-18(13-9-10-22-17(11-13)21-2)24-19(16)26(15)14-7-5-6-8-14/h9-12,14-15,18,24H,4-8H2,1-3H3,(H,21,22)/t15?,18-/m0/s1. The number of nitrogens with zero attached hydrogens (tertiary/aromatic N) is 4. The van der Waals surface area contributed by atoms with Gasteiger partial charge in [-0.15, -0.1) is 0 Å². The lowest BCUT2D eigenvalue weighted by atomic mass is 10.0. The third-order valence-corrected chi connectivity index (χ3v) is 5.89. The predicted octanol–water partition coefficient (Wildman–Crippen LogP) is 2.46. The smallest absolute Gasteiger partial charge is 0.249 e. The molecule has 7 heteroatoms. The zero-order chi connectivity index (χ0) is 19.0. The van der Waals surface area contributed by atoms with Gasteiger partial charge in [0.15, 0.2) is 0 Å². The summed E-state index contributed by atoms with van der Waals surface area (Å²) in [5.41, 5.74) is 1.92. The number of aromatic nitrogens is 1. The second-order valence-corrected chi connectivity index (χ2v) is 7.45. The summed E-state index contributed by atoms with van der Waals surface area (Å²) in [6.07, 6.45) is 9.03. The lowest BCUT2D eigenvalue weighted by Crippen LogP contribution is -2.58. The largest absolute Gasteiger partial charge is 0.373 e. The van der Waals surface area contributed by atoms with E-state index >= 15 is 0 Å². The molecule has 1 aromatic rings. The summed E-state index contributed by atoms with van der Waals surface area (Å²) in [6, 6.07) is 4.30. The summed E-state index contributed by atoms with van der Waals surface area (Å²) in [7, 11) is 3.71. The number of carbonyl (C=O) groups is 1. The van der Waals surface area contributed by atoms with Crippen molar-refractivity contribution in [2.75, 3.05) is 19.4 Å². The minimum absolute atomic E-state index is 0.109. The Morgan fingerprint density at radius 3 is 2.81 bits per heavy atom. The van der Waals surface area contributed by atoms with Gasteiger partial charge in [0.1, 0.15) is 29.5 Å². The van der Waals surface area contributed by atoms with Crippen LogP contribution in [0.4, 0.5) is 5.82 Å². The van der Waals surface area contributed by atoms with E-state index in [1.807, 2.05) is 32.4 Å². The quantitative estimate of drug-likeness (QED) is 0.854. The maximum absolute atomic E-state index is 13.0. The Hall–Kier alpha value is -2.57. The topological polar surface area (TPSA) is 72.9 Å². The van der Waals surface area contributed by atoms with Gasteiger partial charge in [0, 0.05) is 31.9 Å². The van der Waals surface area contributed by atoms with Crippen molar-refractivity contribution in [2.45, 2.75) is 57.3 Å². The molecule has 1 saturated carbocycles. The first-order chi connectivity index (χ1) is 13.1. The Balaban J connectivity index is 1.70. The van der Waals surface area contributed by atoms with Crippen LogP contribution in [0.1, 0.15) is 50.8 Å². The monoisotopic (exact) mass is 368 g/mol. The van der Waals surface area contributed by atoms with E-state index in [0.29, 0.717) is 6.04 Å². The average Bonchev–Trinajstić information content (AvgIpc) is 3.24. The van der Waals surface area contributed by atoms with E-state index in [2.05, 4.69) is 32.4 Å². The molecule has 0 saturated heterocycles. The van der Waals surface area contributed by atoms with Crippen molar-refractivity contribution in [3.05, 3.63) is 35.4 Å². The maximum atomic E-state index is 13.0. The van der Waals surface area contributed by atoms with Gasteiger partial charge in [-0.2, -0.15) is 0 Å².